The summed E-state index contributed by atoms with van der Waals surface area (Å²) in [6.45, 7) is 0. The average Bonchev–Trinajstić information content (AvgIpc) is 2.57. The molecule has 114 valence electrons. The molecule has 7 nitrogen and oxygen atoms in total. The predicted octanol–water partition coefficient (Wildman–Crippen LogP) is 2.45. The monoisotopic (exact) mass is 311 g/mol. The molecule has 1 N–H and O–H groups in total. The van der Waals surface area contributed by atoms with Crippen molar-refractivity contribution >= 4 is 11.6 Å². The van der Waals surface area contributed by atoms with E-state index in [-0.39, 0.29) is 5.69 Å². The Hall–Kier alpha value is -3.42. The van der Waals surface area contributed by atoms with E-state index in [9.17, 15) is 9.18 Å². The Morgan fingerprint density at radius 1 is 1.00 bits per heavy atom. The van der Waals surface area contributed by atoms with Crippen molar-refractivity contribution in [3.63, 3.8) is 0 Å². The number of rotatable bonds is 4. The Balaban J connectivity index is 1.72. The van der Waals surface area contributed by atoms with E-state index >= 15 is 0 Å². The lowest BCUT2D eigenvalue weighted by molar-refractivity contribution is 0.102. The van der Waals surface area contributed by atoms with Crippen LogP contribution in [0.1, 0.15) is 10.5 Å². The summed E-state index contributed by atoms with van der Waals surface area (Å²) < 4.78 is 18.3. The van der Waals surface area contributed by atoms with Crippen molar-refractivity contribution < 1.29 is 13.9 Å². The molecule has 3 aromatic rings. The molecule has 1 amide bonds. The smallest absolute Gasteiger partial charge is 0.274 e. The normalized spacial score (nSPS) is 10.1. The second-order valence-corrected chi connectivity index (χ2v) is 4.40. The number of anilines is 1. The molecular formula is C15H10FN5O2. The van der Waals surface area contributed by atoms with Crippen molar-refractivity contribution in [2.24, 2.45) is 0 Å². The lowest BCUT2D eigenvalue weighted by atomic mass is 10.3. The maximum absolute atomic E-state index is 12.8. The summed E-state index contributed by atoms with van der Waals surface area (Å²) in [7, 11) is 0. The number of carbonyl (C=O) groups is 1. The highest BCUT2D eigenvalue weighted by Crippen LogP contribution is 2.21. The van der Waals surface area contributed by atoms with Crippen LogP contribution in [0.15, 0.2) is 55.5 Å². The van der Waals surface area contributed by atoms with Gasteiger partial charge in [-0.05, 0) is 12.1 Å². The van der Waals surface area contributed by atoms with Gasteiger partial charge in [0.1, 0.15) is 23.6 Å². The first-order valence-corrected chi connectivity index (χ1v) is 6.51. The second kappa shape index (κ2) is 6.56. The first kappa shape index (κ1) is 14.5. The third-order valence-electron chi connectivity index (χ3n) is 2.70. The Morgan fingerprint density at radius 2 is 1.78 bits per heavy atom. The first-order chi connectivity index (χ1) is 11.2. The van der Waals surface area contributed by atoms with E-state index in [0.717, 1.165) is 12.3 Å². The van der Waals surface area contributed by atoms with E-state index in [4.69, 9.17) is 4.74 Å². The molecule has 0 atom stereocenters. The number of carbonyl (C=O) groups excluding carboxylic acids is 1. The van der Waals surface area contributed by atoms with Crippen LogP contribution in [-0.4, -0.2) is 25.8 Å². The van der Waals surface area contributed by atoms with Crippen LogP contribution in [0.2, 0.25) is 0 Å². The maximum Gasteiger partial charge on any atom is 0.274 e. The van der Waals surface area contributed by atoms with Gasteiger partial charge in [-0.3, -0.25) is 9.78 Å². The summed E-state index contributed by atoms with van der Waals surface area (Å²) in [6, 6.07) is 4.04. The lowest BCUT2D eigenvalue weighted by Crippen LogP contribution is -2.13. The van der Waals surface area contributed by atoms with Gasteiger partial charge in [-0.25, -0.2) is 19.3 Å². The van der Waals surface area contributed by atoms with E-state index in [0.29, 0.717) is 17.2 Å². The third kappa shape index (κ3) is 3.82. The number of hydrogen-bond donors (Lipinski definition) is 1. The molecule has 0 spiro atoms. The average molecular weight is 311 g/mol. The zero-order valence-corrected chi connectivity index (χ0v) is 11.7. The molecular weight excluding hydrogens is 301 g/mol. The summed E-state index contributed by atoms with van der Waals surface area (Å²) in [5.74, 6) is -0.140. The van der Waals surface area contributed by atoms with Crippen molar-refractivity contribution in [3.8, 4) is 11.5 Å². The Morgan fingerprint density at radius 3 is 2.52 bits per heavy atom. The molecule has 0 fully saturated rings. The van der Waals surface area contributed by atoms with Gasteiger partial charge >= 0.3 is 0 Å². The summed E-state index contributed by atoms with van der Waals surface area (Å²) >= 11 is 0. The molecule has 0 saturated carbocycles. The number of aromatic nitrogens is 4. The third-order valence-corrected chi connectivity index (χ3v) is 2.70. The highest BCUT2D eigenvalue weighted by Gasteiger charge is 2.09. The highest BCUT2D eigenvalue weighted by molar-refractivity contribution is 6.02. The van der Waals surface area contributed by atoms with Crippen molar-refractivity contribution in [2.75, 3.05) is 5.32 Å². The minimum atomic E-state index is -0.510. The summed E-state index contributed by atoms with van der Waals surface area (Å²) in [5.41, 5.74) is 0.504. The Labute approximate surface area is 130 Å². The Bertz CT molecular complexity index is 812. The quantitative estimate of drug-likeness (QED) is 0.796. The zero-order valence-electron chi connectivity index (χ0n) is 11.7. The number of amides is 1. The topological polar surface area (TPSA) is 89.9 Å². The number of ether oxygens (including phenoxy) is 1. The molecule has 0 bridgehead atoms. The maximum atomic E-state index is 12.8. The standard InChI is InChI=1S/C15H10FN5O2/c16-10-1-2-14(20-4-10)15(22)21-11-3-12(6-17-5-11)23-13-7-18-9-19-8-13/h1-9H,(H,21,22). The van der Waals surface area contributed by atoms with Gasteiger partial charge in [0.05, 0.1) is 36.7 Å². The van der Waals surface area contributed by atoms with Crippen molar-refractivity contribution in [3.05, 3.63) is 67.0 Å². The first-order valence-electron chi connectivity index (χ1n) is 6.51. The highest BCUT2D eigenvalue weighted by atomic mass is 19.1. The molecule has 0 aliphatic rings. The molecule has 8 heteroatoms. The van der Waals surface area contributed by atoms with E-state index in [1.807, 2.05) is 0 Å². The van der Waals surface area contributed by atoms with Crippen LogP contribution in [0.25, 0.3) is 0 Å². The van der Waals surface area contributed by atoms with Crippen LogP contribution >= 0.6 is 0 Å². The minimum Gasteiger partial charge on any atom is -0.452 e. The summed E-state index contributed by atoms with van der Waals surface area (Å²) in [6.07, 6.45) is 8.30. The molecule has 0 aromatic carbocycles. The SMILES string of the molecule is O=C(Nc1cncc(Oc2cncnc2)c1)c1ccc(F)cn1. The summed E-state index contributed by atoms with van der Waals surface area (Å²) in [5, 5.41) is 2.61. The molecule has 23 heavy (non-hydrogen) atoms. The Kier molecular flexibility index (Phi) is 4.14. The van der Waals surface area contributed by atoms with Gasteiger partial charge in [0.2, 0.25) is 0 Å². The predicted molar refractivity (Wildman–Crippen MR) is 78.5 cm³/mol. The fourth-order valence-electron chi connectivity index (χ4n) is 1.72. The van der Waals surface area contributed by atoms with E-state index < -0.39 is 11.7 Å². The molecule has 3 heterocycles. The number of pyridine rings is 2. The zero-order chi connectivity index (χ0) is 16.1. The molecule has 3 aromatic heterocycles. The molecule has 3 rings (SSSR count). The van der Waals surface area contributed by atoms with Gasteiger partial charge in [0.25, 0.3) is 5.91 Å². The fraction of sp³-hybridized carbons (Fsp3) is 0. The van der Waals surface area contributed by atoms with E-state index in [1.165, 1.54) is 37.2 Å². The molecule has 0 saturated heterocycles. The number of hydrogen-bond acceptors (Lipinski definition) is 6. The molecule has 0 radical (unpaired) electrons. The number of halogens is 1. The van der Waals surface area contributed by atoms with Crippen LogP contribution in [0, 0.1) is 5.82 Å². The molecule has 0 aliphatic heterocycles. The van der Waals surface area contributed by atoms with Gasteiger partial charge in [-0.15, -0.1) is 0 Å². The van der Waals surface area contributed by atoms with Gasteiger partial charge in [-0.1, -0.05) is 0 Å². The van der Waals surface area contributed by atoms with Crippen LogP contribution in [0.5, 0.6) is 11.5 Å². The van der Waals surface area contributed by atoms with Gasteiger partial charge in [0, 0.05) is 6.07 Å². The largest absolute Gasteiger partial charge is 0.452 e. The fourth-order valence-corrected chi connectivity index (χ4v) is 1.72. The van der Waals surface area contributed by atoms with Crippen LogP contribution in [-0.2, 0) is 0 Å². The van der Waals surface area contributed by atoms with Crippen LogP contribution in [0.4, 0.5) is 10.1 Å². The van der Waals surface area contributed by atoms with E-state index in [1.54, 1.807) is 6.07 Å². The van der Waals surface area contributed by atoms with Crippen molar-refractivity contribution in [1.29, 1.82) is 0 Å². The number of nitrogens with one attached hydrogen (secondary N) is 1. The second-order valence-electron chi connectivity index (χ2n) is 4.40. The van der Waals surface area contributed by atoms with Gasteiger partial charge in [0.15, 0.2) is 5.75 Å². The van der Waals surface area contributed by atoms with Gasteiger partial charge in [-0.2, -0.15) is 0 Å². The van der Waals surface area contributed by atoms with E-state index in [2.05, 4.69) is 25.3 Å². The minimum absolute atomic E-state index is 0.0918. The lowest BCUT2D eigenvalue weighted by Gasteiger charge is -2.07. The van der Waals surface area contributed by atoms with Crippen molar-refractivity contribution in [2.45, 2.75) is 0 Å². The van der Waals surface area contributed by atoms with Crippen LogP contribution < -0.4 is 10.1 Å². The van der Waals surface area contributed by atoms with Crippen LogP contribution in [0.3, 0.4) is 0 Å². The van der Waals surface area contributed by atoms with Crippen molar-refractivity contribution in [1.82, 2.24) is 19.9 Å². The van der Waals surface area contributed by atoms with Gasteiger partial charge < -0.3 is 10.1 Å². The molecule has 0 aliphatic carbocycles. The summed E-state index contributed by atoms with van der Waals surface area (Å²) in [4.78, 5) is 27.4. The molecule has 0 unspecified atom stereocenters. The number of nitrogens with zero attached hydrogens (tertiary/aromatic N) is 4.